The molecular weight excluding hydrogens is 290 g/mol. The van der Waals surface area contributed by atoms with Crippen molar-refractivity contribution in [2.75, 3.05) is 18.5 Å². The number of anilines is 1. The van der Waals surface area contributed by atoms with Gasteiger partial charge in [0.2, 0.25) is 0 Å². The largest absolute Gasteiger partial charge is 0.370 e. The number of hydrogen-bond acceptors (Lipinski definition) is 4. The van der Waals surface area contributed by atoms with Gasteiger partial charge in [0.25, 0.3) is 0 Å². The zero-order valence-electron chi connectivity index (χ0n) is 12.2. The molecule has 0 aliphatic heterocycles. The van der Waals surface area contributed by atoms with Gasteiger partial charge in [-0.3, -0.25) is 0 Å². The molecule has 0 saturated carbocycles. The Bertz CT molecular complexity index is 455. The van der Waals surface area contributed by atoms with Crippen LogP contribution in [0.2, 0.25) is 0 Å². The third-order valence-corrected chi connectivity index (χ3v) is 2.59. The van der Waals surface area contributed by atoms with Crippen LogP contribution in [-0.2, 0) is 11.3 Å². The van der Waals surface area contributed by atoms with E-state index in [0.717, 1.165) is 5.69 Å². The highest BCUT2D eigenvalue weighted by Crippen LogP contribution is 2.23. The number of halogens is 4. The number of ether oxygens (including phenoxy) is 1. The molecule has 1 aromatic heterocycles. The van der Waals surface area contributed by atoms with Crippen molar-refractivity contribution >= 4 is 5.82 Å². The van der Waals surface area contributed by atoms with Gasteiger partial charge in [0.05, 0.1) is 0 Å². The van der Waals surface area contributed by atoms with E-state index in [1.807, 2.05) is 20.8 Å². The third kappa shape index (κ3) is 5.45. The lowest BCUT2D eigenvalue weighted by molar-refractivity contribution is -0.168. The number of alkyl halides is 4. The first-order valence-electron chi connectivity index (χ1n) is 6.61. The molecule has 21 heavy (non-hydrogen) atoms. The third-order valence-electron chi connectivity index (χ3n) is 2.59. The van der Waals surface area contributed by atoms with E-state index in [-0.39, 0.29) is 18.3 Å². The molecule has 0 aliphatic rings. The monoisotopic (exact) mass is 309 g/mol. The number of nitrogens with zero attached hydrogens (tertiary/aromatic N) is 2. The van der Waals surface area contributed by atoms with E-state index >= 15 is 0 Å². The zero-order chi connectivity index (χ0) is 16.0. The summed E-state index contributed by atoms with van der Waals surface area (Å²) in [7, 11) is 0. The quantitative estimate of drug-likeness (QED) is 0.747. The maximum Gasteiger partial charge on any atom is 0.330 e. The fourth-order valence-corrected chi connectivity index (χ4v) is 1.49. The lowest BCUT2D eigenvalue weighted by atomic mass is 10.1. The molecule has 4 nitrogen and oxygen atoms in total. The summed E-state index contributed by atoms with van der Waals surface area (Å²) in [5.41, 5.74) is 0.722. The normalized spacial score (nSPS) is 12.2. The van der Waals surface area contributed by atoms with Gasteiger partial charge >= 0.3 is 12.3 Å². The molecule has 8 heteroatoms. The molecule has 1 aromatic rings. The van der Waals surface area contributed by atoms with Crippen LogP contribution in [-0.4, -0.2) is 35.5 Å². The number of nitrogens with one attached hydrogen (secondary N) is 1. The van der Waals surface area contributed by atoms with E-state index in [1.165, 1.54) is 0 Å². The van der Waals surface area contributed by atoms with Gasteiger partial charge in [-0.15, -0.1) is 0 Å². The highest BCUT2D eigenvalue weighted by Gasteiger charge is 2.41. The summed E-state index contributed by atoms with van der Waals surface area (Å²) in [6, 6.07) is 1.76. The Morgan fingerprint density at radius 2 is 1.95 bits per heavy atom. The molecule has 0 amide bonds. The van der Waals surface area contributed by atoms with E-state index < -0.39 is 19.0 Å². The average Bonchev–Trinajstić information content (AvgIpc) is 2.38. The Morgan fingerprint density at radius 3 is 2.48 bits per heavy atom. The fraction of sp³-hybridized carbons (Fsp3) is 0.692. The van der Waals surface area contributed by atoms with Gasteiger partial charge in [-0.1, -0.05) is 13.8 Å². The second kappa shape index (κ2) is 7.53. The summed E-state index contributed by atoms with van der Waals surface area (Å²) < 4.78 is 54.1. The summed E-state index contributed by atoms with van der Waals surface area (Å²) in [6.07, 6.45) is -3.75. The van der Waals surface area contributed by atoms with Crippen LogP contribution in [0.1, 0.15) is 38.2 Å². The molecule has 0 radical (unpaired) electrons. The number of aromatic nitrogens is 2. The number of hydrogen-bond donors (Lipinski definition) is 1. The zero-order valence-corrected chi connectivity index (χ0v) is 12.2. The van der Waals surface area contributed by atoms with Crippen molar-refractivity contribution in [2.45, 2.75) is 45.6 Å². The van der Waals surface area contributed by atoms with Crippen molar-refractivity contribution in [3.8, 4) is 0 Å². The van der Waals surface area contributed by atoms with Crippen LogP contribution >= 0.6 is 0 Å². The van der Waals surface area contributed by atoms with Crippen LogP contribution in [0, 0.1) is 0 Å². The molecule has 120 valence electrons. The standard InChI is InChI=1S/C13H19F4N3O/c1-4-18-10-5-9(8(2)3)19-11(20-10)6-21-7-13(16,17)12(14)15/h5,8,12H,4,6-7H2,1-3H3,(H,18,19,20). The van der Waals surface area contributed by atoms with Gasteiger partial charge in [-0.2, -0.15) is 8.78 Å². The second-order valence-electron chi connectivity index (χ2n) is 4.83. The van der Waals surface area contributed by atoms with Crippen LogP contribution in [0.25, 0.3) is 0 Å². The van der Waals surface area contributed by atoms with Crippen LogP contribution in [0.5, 0.6) is 0 Å². The van der Waals surface area contributed by atoms with Crippen molar-refractivity contribution < 1.29 is 22.3 Å². The Balaban J connectivity index is 2.74. The highest BCUT2D eigenvalue weighted by atomic mass is 19.3. The summed E-state index contributed by atoms with van der Waals surface area (Å²) in [5, 5.41) is 2.99. The van der Waals surface area contributed by atoms with Gasteiger partial charge in [-0.25, -0.2) is 18.7 Å². The molecule has 0 aliphatic carbocycles. The molecule has 0 spiro atoms. The smallest absolute Gasteiger partial charge is 0.330 e. The van der Waals surface area contributed by atoms with Crippen LogP contribution in [0.15, 0.2) is 6.07 Å². The Kier molecular flexibility index (Phi) is 6.32. The minimum Gasteiger partial charge on any atom is -0.370 e. The molecule has 1 heterocycles. The summed E-state index contributed by atoms with van der Waals surface area (Å²) in [6.45, 7) is 4.66. The van der Waals surface area contributed by atoms with E-state index in [1.54, 1.807) is 6.07 Å². The van der Waals surface area contributed by atoms with Crippen molar-refractivity contribution in [1.29, 1.82) is 0 Å². The predicted octanol–water partition coefficient (Wildman–Crippen LogP) is 3.45. The molecule has 0 bridgehead atoms. The van der Waals surface area contributed by atoms with E-state index in [4.69, 9.17) is 0 Å². The van der Waals surface area contributed by atoms with E-state index in [2.05, 4.69) is 20.0 Å². The van der Waals surface area contributed by atoms with E-state index in [0.29, 0.717) is 12.4 Å². The highest BCUT2D eigenvalue weighted by molar-refractivity contribution is 5.36. The Labute approximate surface area is 120 Å². The topological polar surface area (TPSA) is 47.0 Å². The first kappa shape index (κ1) is 17.6. The maximum absolute atomic E-state index is 12.7. The first-order chi connectivity index (χ1) is 9.76. The molecule has 0 unspecified atom stereocenters. The first-order valence-corrected chi connectivity index (χ1v) is 6.61. The van der Waals surface area contributed by atoms with Gasteiger partial charge in [-0.05, 0) is 12.8 Å². The number of rotatable bonds is 8. The van der Waals surface area contributed by atoms with Crippen molar-refractivity contribution in [2.24, 2.45) is 0 Å². The summed E-state index contributed by atoms with van der Waals surface area (Å²) in [5.74, 6) is -3.32. The van der Waals surface area contributed by atoms with Crippen LogP contribution < -0.4 is 5.32 Å². The fourth-order valence-electron chi connectivity index (χ4n) is 1.49. The minimum absolute atomic E-state index is 0.117. The molecule has 1 rings (SSSR count). The van der Waals surface area contributed by atoms with Crippen LogP contribution in [0.4, 0.5) is 23.4 Å². The van der Waals surface area contributed by atoms with Gasteiger partial charge in [0.15, 0.2) is 5.82 Å². The van der Waals surface area contributed by atoms with Gasteiger partial charge < -0.3 is 10.1 Å². The average molecular weight is 309 g/mol. The second-order valence-corrected chi connectivity index (χ2v) is 4.83. The van der Waals surface area contributed by atoms with Crippen molar-refractivity contribution in [3.63, 3.8) is 0 Å². The van der Waals surface area contributed by atoms with E-state index in [9.17, 15) is 17.6 Å². The molecule has 1 N–H and O–H groups in total. The van der Waals surface area contributed by atoms with Gasteiger partial charge in [0.1, 0.15) is 19.0 Å². The summed E-state index contributed by atoms with van der Waals surface area (Å²) in [4.78, 5) is 8.26. The Hall–Kier alpha value is -1.44. The van der Waals surface area contributed by atoms with Gasteiger partial charge in [0, 0.05) is 18.3 Å². The minimum atomic E-state index is -4.17. The maximum atomic E-state index is 12.7. The Morgan fingerprint density at radius 1 is 1.29 bits per heavy atom. The summed E-state index contributed by atoms with van der Waals surface area (Å²) >= 11 is 0. The van der Waals surface area contributed by atoms with Crippen molar-refractivity contribution in [3.05, 3.63) is 17.6 Å². The molecular formula is C13H19F4N3O. The lowest BCUT2D eigenvalue weighted by Crippen LogP contribution is -2.32. The van der Waals surface area contributed by atoms with Crippen LogP contribution in [0.3, 0.4) is 0 Å². The molecule has 0 aromatic carbocycles. The van der Waals surface area contributed by atoms with Crippen molar-refractivity contribution in [1.82, 2.24) is 9.97 Å². The molecule has 0 atom stereocenters. The molecule has 0 fully saturated rings. The predicted molar refractivity (Wildman–Crippen MR) is 70.9 cm³/mol. The molecule has 0 saturated heterocycles. The SMILES string of the molecule is CCNc1cc(C(C)C)nc(COCC(F)(F)C(F)F)n1. The lowest BCUT2D eigenvalue weighted by Gasteiger charge is -2.15.